The highest BCUT2D eigenvalue weighted by molar-refractivity contribution is 7.92. The molecule has 3 aromatic heterocycles. The Balaban J connectivity index is 1.22. The van der Waals surface area contributed by atoms with Crippen LogP contribution in [0.5, 0.6) is 0 Å². The maximum absolute atomic E-state index is 14.7. The minimum absolute atomic E-state index is 0.106. The van der Waals surface area contributed by atoms with Gasteiger partial charge in [0.15, 0.2) is 0 Å². The first kappa shape index (κ1) is 26.3. The van der Waals surface area contributed by atoms with Crippen molar-refractivity contribution in [1.29, 1.82) is 0 Å². The minimum Gasteiger partial charge on any atom is -0.372 e. The fourth-order valence-corrected chi connectivity index (χ4v) is 5.85. The molecule has 0 radical (unpaired) electrons. The molecular weight excluding hydrogens is 552 g/mol. The molecule has 1 aliphatic heterocycles. The van der Waals surface area contributed by atoms with E-state index in [-0.39, 0.29) is 24.1 Å². The molecule has 40 heavy (non-hydrogen) atoms. The van der Waals surface area contributed by atoms with Crippen LogP contribution in [0.1, 0.15) is 39.6 Å². The number of benzene rings is 1. The molecular formula is C27H20F4N4O4S. The average Bonchev–Trinajstić information content (AvgIpc) is 3.61. The third-order valence-corrected chi connectivity index (χ3v) is 8.62. The summed E-state index contributed by atoms with van der Waals surface area (Å²) in [5, 5.41) is 3.23. The molecule has 1 aromatic carbocycles. The smallest absolute Gasteiger partial charge is 0.257 e. The molecule has 8 nitrogen and oxygen atoms in total. The number of sulfone groups is 1. The zero-order valence-corrected chi connectivity index (χ0v) is 21.4. The summed E-state index contributed by atoms with van der Waals surface area (Å²) in [6.07, 6.45) is 1.31. The van der Waals surface area contributed by atoms with Crippen LogP contribution in [-0.2, 0) is 27.7 Å². The molecule has 0 unspecified atom stereocenters. The van der Waals surface area contributed by atoms with Gasteiger partial charge in [0.25, 0.3) is 11.8 Å². The van der Waals surface area contributed by atoms with Gasteiger partial charge >= 0.3 is 0 Å². The van der Waals surface area contributed by atoms with E-state index in [0.717, 1.165) is 12.1 Å². The predicted octanol–water partition coefficient (Wildman–Crippen LogP) is 4.48. The number of ether oxygens (including phenoxy) is 1. The van der Waals surface area contributed by atoms with Gasteiger partial charge in [-0.05, 0) is 42.5 Å². The Morgan fingerprint density at radius 3 is 2.65 bits per heavy atom. The summed E-state index contributed by atoms with van der Waals surface area (Å²) in [6, 6.07) is 11.8. The molecule has 2 atom stereocenters. The first-order valence-electron chi connectivity index (χ1n) is 12.2. The molecule has 4 heterocycles. The summed E-state index contributed by atoms with van der Waals surface area (Å²) in [5.41, 5.74) is -0.895. The van der Waals surface area contributed by atoms with E-state index in [2.05, 4.69) is 20.3 Å². The molecule has 2 aliphatic rings. The number of nitrogens with one attached hydrogen (secondary N) is 1. The van der Waals surface area contributed by atoms with Crippen molar-refractivity contribution in [3.05, 3.63) is 83.1 Å². The summed E-state index contributed by atoms with van der Waals surface area (Å²) in [4.78, 5) is 25.4. The maximum Gasteiger partial charge on any atom is 0.257 e. The van der Waals surface area contributed by atoms with Crippen molar-refractivity contribution in [3.63, 3.8) is 0 Å². The molecule has 0 saturated heterocycles. The van der Waals surface area contributed by atoms with Gasteiger partial charge in [-0.1, -0.05) is 6.07 Å². The monoisotopic (exact) mass is 572 g/mol. The van der Waals surface area contributed by atoms with Gasteiger partial charge in [0.2, 0.25) is 15.3 Å². The summed E-state index contributed by atoms with van der Waals surface area (Å²) >= 11 is 0. The number of rotatable bonds is 5. The van der Waals surface area contributed by atoms with Crippen molar-refractivity contribution in [3.8, 4) is 11.4 Å². The normalized spacial score (nSPS) is 20.9. The number of carbonyl (C=O) groups is 1. The molecule has 1 fully saturated rings. The highest BCUT2D eigenvalue weighted by atomic mass is 32.2. The van der Waals surface area contributed by atoms with Gasteiger partial charge < -0.3 is 10.1 Å². The number of nitrogens with zero attached hydrogens (tertiary/aromatic N) is 3. The Bertz CT molecular complexity index is 1780. The number of aromatic nitrogens is 3. The van der Waals surface area contributed by atoms with Crippen molar-refractivity contribution >= 4 is 26.6 Å². The van der Waals surface area contributed by atoms with Gasteiger partial charge in [0.05, 0.1) is 58.9 Å². The highest BCUT2D eigenvalue weighted by Gasteiger charge is 2.58. The lowest BCUT2D eigenvalue weighted by atomic mass is 10.1. The molecule has 13 heteroatoms. The number of hydrogen-bond donors (Lipinski definition) is 1. The number of pyridine rings is 3. The van der Waals surface area contributed by atoms with Crippen LogP contribution in [-0.4, -0.2) is 47.3 Å². The van der Waals surface area contributed by atoms with E-state index < -0.39 is 57.0 Å². The zero-order chi connectivity index (χ0) is 28.2. The van der Waals surface area contributed by atoms with Crippen LogP contribution in [0.2, 0.25) is 0 Å². The van der Waals surface area contributed by atoms with Crippen LogP contribution < -0.4 is 5.32 Å². The Kier molecular flexibility index (Phi) is 6.30. The predicted molar refractivity (Wildman–Crippen MR) is 134 cm³/mol. The molecule has 1 saturated carbocycles. The summed E-state index contributed by atoms with van der Waals surface area (Å²) in [7, 11) is -4.54. The van der Waals surface area contributed by atoms with Crippen molar-refractivity contribution in [2.24, 2.45) is 0 Å². The first-order valence-corrected chi connectivity index (χ1v) is 13.7. The van der Waals surface area contributed by atoms with Gasteiger partial charge in [-0.2, -0.15) is 0 Å². The van der Waals surface area contributed by atoms with Crippen LogP contribution in [0.4, 0.5) is 17.6 Å². The summed E-state index contributed by atoms with van der Waals surface area (Å²) in [6.45, 7) is -1.28. The van der Waals surface area contributed by atoms with Gasteiger partial charge in [-0.3, -0.25) is 14.8 Å². The highest BCUT2D eigenvalue weighted by Crippen LogP contribution is 2.55. The third kappa shape index (κ3) is 4.79. The fraction of sp³-hybridized carbons (Fsp3) is 0.259. The molecule has 6 rings (SSSR count). The Morgan fingerprint density at radius 1 is 1.10 bits per heavy atom. The SMILES string of the molecule is O=C(NCc1cc2nc(-c3cccc([C@@H]4CC4(F)F)n3)ccc2cn1)c1cc(F)c2c(c1)S(=O)(=O)[C@@H](F)COC2. The second-order valence-corrected chi connectivity index (χ2v) is 11.7. The standard InChI is InChI=1S/C27H20F4N4O4S/c28-19-6-15(7-24-17(19)12-39-13-25(29)40(24,37)38)26(36)33-11-16-8-23-14(10-32-16)4-5-22(35-23)21-3-1-2-20(34-21)18-9-27(18,30)31/h1-8,10,18,25H,9,11-13H2,(H,33,36)/t18-,25+/m0/s1. The van der Waals surface area contributed by atoms with Crippen LogP contribution in [0.3, 0.4) is 0 Å². The lowest BCUT2D eigenvalue weighted by molar-refractivity contribution is 0.0938. The van der Waals surface area contributed by atoms with E-state index in [1.165, 1.54) is 6.20 Å². The van der Waals surface area contributed by atoms with Crippen molar-refractivity contribution in [1.82, 2.24) is 20.3 Å². The second-order valence-electron chi connectivity index (χ2n) is 9.62. The number of alkyl halides is 3. The third-order valence-electron chi connectivity index (χ3n) is 6.83. The molecule has 1 aliphatic carbocycles. The number of fused-ring (bicyclic) bond motifs is 2. The van der Waals surface area contributed by atoms with Crippen LogP contribution in [0, 0.1) is 5.82 Å². The molecule has 206 valence electrons. The van der Waals surface area contributed by atoms with Crippen molar-refractivity contribution < 1.29 is 35.5 Å². The summed E-state index contributed by atoms with van der Waals surface area (Å²) in [5.74, 6) is -5.43. The quantitative estimate of drug-likeness (QED) is 0.351. The molecule has 1 amide bonds. The van der Waals surface area contributed by atoms with E-state index in [9.17, 15) is 30.8 Å². The van der Waals surface area contributed by atoms with E-state index in [0.29, 0.717) is 33.7 Å². The Hall–Kier alpha value is -3.97. The van der Waals surface area contributed by atoms with Gasteiger partial charge in [-0.15, -0.1) is 0 Å². The molecule has 4 aromatic rings. The fourth-order valence-electron chi connectivity index (χ4n) is 4.51. The van der Waals surface area contributed by atoms with Crippen LogP contribution in [0.15, 0.2) is 59.6 Å². The molecule has 1 N–H and O–H groups in total. The zero-order valence-electron chi connectivity index (χ0n) is 20.6. The topological polar surface area (TPSA) is 111 Å². The first-order chi connectivity index (χ1) is 19.0. The van der Waals surface area contributed by atoms with Crippen molar-refractivity contribution in [2.45, 2.75) is 41.8 Å². The Morgan fingerprint density at radius 2 is 1.88 bits per heavy atom. The number of amides is 1. The number of carbonyl (C=O) groups excluding carboxylic acids is 1. The second kappa shape index (κ2) is 9.59. The van der Waals surface area contributed by atoms with Gasteiger partial charge in [0.1, 0.15) is 5.82 Å². The average molecular weight is 573 g/mol. The Labute approximate surface area is 225 Å². The van der Waals surface area contributed by atoms with Gasteiger partial charge in [0, 0.05) is 29.1 Å². The van der Waals surface area contributed by atoms with Crippen LogP contribution in [0.25, 0.3) is 22.3 Å². The minimum atomic E-state index is -4.54. The van der Waals surface area contributed by atoms with Gasteiger partial charge in [-0.25, -0.2) is 31.0 Å². The number of halogens is 4. The van der Waals surface area contributed by atoms with E-state index >= 15 is 0 Å². The lowest BCUT2D eigenvalue weighted by Gasteiger charge is -2.11. The van der Waals surface area contributed by atoms with Crippen LogP contribution >= 0.6 is 0 Å². The molecule has 0 bridgehead atoms. The van der Waals surface area contributed by atoms with E-state index in [1.807, 2.05) is 0 Å². The number of hydrogen-bond acceptors (Lipinski definition) is 7. The van der Waals surface area contributed by atoms with E-state index in [4.69, 9.17) is 4.74 Å². The largest absolute Gasteiger partial charge is 0.372 e. The summed E-state index contributed by atoms with van der Waals surface area (Å²) < 4.78 is 85.6. The maximum atomic E-state index is 14.7. The molecule has 0 spiro atoms. The van der Waals surface area contributed by atoms with E-state index in [1.54, 1.807) is 36.4 Å². The van der Waals surface area contributed by atoms with Crippen molar-refractivity contribution in [2.75, 3.05) is 6.61 Å². The lowest BCUT2D eigenvalue weighted by Crippen LogP contribution is -2.25.